The number of nitrogens with zero attached hydrogens (tertiary/aromatic N) is 1. The molecule has 0 N–H and O–H groups in total. The van der Waals surface area contributed by atoms with Gasteiger partial charge in [0.25, 0.3) is 0 Å². The molecule has 0 radical (unpaired) electrons. The highest BCUT2D eigenvalue weighted by Crippen LogP contribution is 2.19. The van der Waals surface area contributed by atoms with E-state index in [-0.39, 0.29) is 16.8 Å². The van der Waals surface area contributed by atoms with Crippen LogP contribution in [0.5, 0.6) is 0 Å². The topological polar surface area (TPSA) is 77.2 Å². The SMILES string of the molecule is CC(C)S(=O)(=O)CCCCCC(=O)Cc1ccc(-c2ccno2)cc1. The number of benzene rings is 1. The van der Waals surface area contributed by atoms with E-state index >= 15 is 0 Å². The molecule has 136 valence electrons. The van der Waals surface area contributed by atoms with Crippen molar-refractivity contribution in [2.24, 2.45) is 0 Å². The molecule has 1 aromatic carbocycles. The van der Waals surface area contributed by atoms with E-state index in [0.29, 0.717) is 25.0 Å². The van der Waals surface area contributed by atoms with Gasteiger partial charge in [0.15, 0.2) is 15.6 Å². The van der Waals surface area contributed by atoms with Crippen LogP contribution in [0.15, 0.2) is 41.1 Å². The Kier molecular flexibility index (Phi) is 6.93. The number of unbranched alkanes of at least 4 members (excludes halogenated alkanes) is 2. The van der Waals surface area contributed by atoms with Crippen LogP contribution >= 0.6 is 0 Å². The van der Waals surface area contributed by atoms with Crippen LogP contribution in [0.1, 0.15) is 45.1 Å². The van der Waals surface area contributed by atoms with Gasteiger partial charge < -0.3 is 4.52 Å². The lowest BCUT2D eigenvalue weighted by Crippen LogP contribution is -2.17. The molecule has 2 aromatic rings. The highest BCUT2D eigenvalue weighted by Gasteiger charge is 2.15. The molecule has 0 amide bonds. The molecular weight excluding hydrogens is 338 g/mol. The fraction of sp³-hybridized carbons (Fsp3) is 0.474. The van der Waals surface area contributed by atoms with Gasteiger partial charge in [-0.2, -0.15) is 0 Å². The van der Waals surface area contributed by atoms with Crippen LogP contribution in [0.2, 0.25) is 0 Å². The second kappa shape index (κ2) is 8.94. The van der Waals surface area contributed by atoms with Crippen LogP contribution in [0.25, 0.3) is 11.3 Å². The summed E-state index contributed by atoms with van der Waals surface area (Å²) in [6, 6.07) is 9.47. The molecule has 0 unspecified atom stereocenters. The maximum Gasteiger partial charge on any atom is 0.166 e. The van der Waals surface area contributed by atoms with Crippen LogP contribution in [0, 0.1) is 0 Å². The summed E-state index contributed by atoms with van der Waals surface area (Å²) in [5, 5.41) is 3.35. The van der Waals surface area contributed by atoms with Crippen LogP contribution in [-0.2, 0) is 21.1 Å². The molecule has 2 rings (SSSR count). The van der Waals surface area contributed by atoms with Gasteiger partial charge in [-0.1, -0.05) is 35.8 Å². The number of aromatic nitrogens is 1. The summed E-state index contributed by atoms with van der Waals surface area (Å²) in [6.07, 6.45) is 4.62. The largest absolute Gasteiger partial charge is 0.356 e. The molecule has 0 aliphatic heterocycles. The molecule has 5 nitrogen and oxygen atoms in total. The Bertz CT molecular complexity index is 762. The Morgan fingerprint density at radius 2 is 1.80 bits per heavy atom. The summed E-state index contributed by atoms with van der Waals surface area (Å²) in [5.41, 5.74) is 1.90. The molecule has 25 heavy (non-hydrogen) atoms. The zero-order chi connectivity index (χ0) is 18.3. The first-order valence-corrected chi connectivity index (χ1v) is 10.3. The standard InChI is InChI=1S/C19H25NO4S/c1-15(2)25(22,23)13-5-3-4-6-18(21)14-16-7-9-17(10-8-16)19-11-12-20-24-19/h7-12,15H,3-6,13-14H2,1-2H3. The van der Waals surface area contributed by atoms with Crippen molar-refractivity contribution in [3.05, 3.63) is 42.1 Å². The molecule has 0 atom stereocenters. The maximum absolute atomic E-state index is 12.0. The minimum atomic E-state index is -2.97. The van der Waals surface area contributed by atoms with Gasteiger partial charge in [0.1, 0.15) is 5.78 Å². The molecule has 6 heteroatoms. The Morgan fingerprint density at radius 3 is 2.40 bits per heavy atom. The van der Waals surface area contributed by atoms with E-state index < -0.39 is 9.84 Å². The number of carbonyl (C=O) groups excluding carboxylic acids is 1. The zero-order valence-corrected chi connectivity index (χ0v) is 15.6. The average molecular weight is 363 g/mol. The average Bonchev–Trinajstić information content (AvgIpc) is 3.09. The fourth-order valence-corrected chi connectivity index (χ4v) is 3.58. The number of ketones is 1. The number of sulfone groups is 1. The number of rotatable bonds is 10. The van der Waals surface area contributed by atoms with Crippen LogP contribution in [-0.4, -0.2) is 30.4 Å². The van der Waals surface area contributed by atoms with E-state index in [1.165, 1.54) is 0 Å². The molecule has 0 bridgehead atoms. The second-order valence-electron chi connectivity index (χ2n) is 6.52. The van der Waals surface area contributed by atoms with Gasteiger partial charge in [0.05, 0.1) is 17.2 Å². The van der Waals surface area contributed by atoms with Crippen molar-refractivity contribution < 1.29 is 17.7 Å². The predicted octanol–water partition coefficient (Wildman–Crippen LogP) is 3.84. The molecule has 0 fully saturated rings. The van der Waals surface area contributed by atoms with Gasteiger partial charge in [-0.3, -0.25) is 4.79 Å². The van der Waals surface area contributed by atoms with Gasteiger partial charge in [0, 0.05) is 24.5 Å². The molecule has 0 aliphatic carbocycles. The summed E-state index contributed by atoms with van der Waals surface area (Å²) < 4.78 is 28.5. The summed E-state index contributed by atoms with van der Waals surface area (Å²) in [5.74, 6) is 1.09. The van der Waals surface area contributed by atoms with Crippen molar-refractivity contribution in [1.82, 2.24) is 5.16 Å². The summed E-state index contributed by atoms with van der Waals surface area (Å²) in [6.45, 7) is 3.40. The van der Waals surface area contributed by atoms with Crippen LogP contribution < -0.4 is 0 Å². The number of hydrogen-bond donors (Lipinski definition) is 0. The van der Waals surface area contributed by atoms with E-state index in [9.17, 15) is 13.2 Å². The first kappa shape index (κ1) is 19.4. The van der Waals surface area contributed by atoms with Crippen molar-refractivity contribution in [1.29, 1.82) is 0 Å². The first-order chi connectivity index (χ1) is 11.9. The number of hydrogen-bond acceptors (Lipinski definition) is 5. The van der Waals surface area contributed by atoms with Crippen molar-refractivity contribution >= 4 is 15.6 Å². The molecule has 0 spiro atoms. The molecular formula is C19H25NO4S. The lowest BCUT2D eigenvalue weighted by molar-refractivity contribution is -0.118. The third kappa shape index (κ3) is 6.12. The Balaban J connectivity index is 1.70. The van der Waals surface area contributed by atoms with Crippen LogP contribution in [0.3, 0.4) is 0 Å². The minimum absolute atomic E-state index is 0.180. The highest BCUT2D eigenvalue weighted by atomic mass is 32.2. The lowest BCUT2D eigenvalue weighted by atomic mass is 10.0. The lowest BCUT2D eigenvalue weighted by Gasteiger charge is -2.07. The molecule has 0 aliphatic rings. The van der Waals surface area contributed by atoms with Gasteiger partial charge in [0.2, 0.25) is 0 Å². The predicted molar refractivity (Wildman–Crippen MR) is 98.0 cm³/mol. The van der Waals surface area contributed by atoms with Crippen molar-refractivity contribution in [3.63, 3.8) is 0 Å². The Morgan fingerprint density at radius 1 is 1.08 bits per heavy atom. The van der Waals surface area contributed by atoms with Crippen molar-refractivity contribution in [2.75, 3.05) is 5.75 Å². The minimum Gasteiger partial charge on any atom is -0.356 e. The van der Waals surface area contributed by atoms with E-state index in [4.69, 9.17) is 4.52 Å². The summed E-state index contributed by atoms with van der Waals surface area (Å²) in [4.78, 5) is 12.0. The zero-order valence-electron chi connectivity index (χ0n) is 14.8. The third-order valence-electron chi connectivity index (χ3n) is 4.18. The van der Waals surface area contributed by atoms with Crippen LogP contribution in [0.4, 0.5) is 0 Å². The fourth-order valence-electron chi connectivity index (χ4n) is 2.51. The van der Waals surface area contributed by atoms with E-state index in [1.54, 1.807) is 26.1 Å². The molecule has 1 heterocycles. The number of Topliss-reactive ketones (excluding diaryl/α,β-unsaturated/α-hetero) is 1. The van der Waals surface area contributed by atoms with Gasteiger partial charge >= 0.3 is 0 Å². The Hall–Kier alpha value is -1.95. The third-order valence-corrected chi connectivity index (χ3v) is 6.47. The quantitative estimate of drug-likeness (QED) is 0.599. The van der Waals surface area contributed by atoms with E-state index in [1.807, 2.05) is 24.3 Å². The van der Waals surface area contributed by atoms with Gasteiger partial charge in [-0.05, 0) is 32.3 Å². The van der Waals surface area contributed by atoms with E-state index in [2.05, 4.69) is 5.16 Å². The Labute approximate surface area is 149 Å². The van der Waals surface area contributed by atoms with Crippen molar-refractivity contribution in [2.45, 2.75) is 51.2 Å². The van der Waals surface area contributed by atoms with E-state index in [0.717, 1.165) is 24.0 Å². The number of carbonyl (C=O) groups is 1. The second-order valence-corrected chi connectivity index (χ2v) is 9.19. The maximum atomic E-state index is 12.0. The smallest absolute Gasteiger partial charge is 0.166 e. The first-order valence-electron chi connectivity index (χ1n) is 8.62. The highest BCUT2D eigenvalue weighted by molar-refractivity contribution is 7.91. The molecule has 0 saturated heterocycles. The van der Waals surface area contributed by atoms with Crippen molar-refractivity contribution in [3.8, 4) is 11.3 Å². The monoisotopic (exact) mass is 363 g/mol. The summed E-state index contributed by atoms with van der Waals surface area (Å²) in [7, 11) is -2.97. The molecule has 1 aromatic heterocycles. The summed E-state index contributed by atoms with van der Waals surface area (Å²) >= 11 is 0. The van der Waals surface area contributed by atoms with Gasteiger partial charge in [-0.25, -0.2) is 8.42 Å². The molecule has 0 saturated carbocycles. The normalized spacial score (nSPS) is 11.8. The van der Waals surface area contributed by atoms with Gasteiger partial charge in [-0.15, -0.1) is 0 Å².